The van der Waals surface area contributed by atoms with Gasteiger partial charge in [-0.2, -0.15) is 8.42 Å². The number of nitrogens with one attached hydrogen (secondary N) is 1. The van der Waals surface area contributed by atoms with Gasteiger partial charge >= 0.3 is 0 Å². The SMILES string of the molecule is CCc1c(S(=O)(=O)O)ccc(Cl)c1N=Nc1c(O)c(C(=O)Nc2cccc(Cl)c2OC)cc2ccccc12. The van der Waals surface area contributed by atoms with Crippen molar-refractivity contribution in [1.82, 2.24) is 0 Å². The van der Waals surface area contributed by atoms with Crippen molar-refractivity contribution in [3.8, 4) is 11.5 Å². The van der Waals surface area contributed by atoms with Gasteiger partial charge in [0.15, 0.2) is 11.5 Å². The molecule has 0 unspecified atom stereocenters. The molecule has 12 heteroatoms. The van der Waals surface area contributed by atoms with E-state index in [1.807, 2.05) is 0 Å². The molecule has 4 rings (SSSR count). The van der Waals surface area contributed by atoms with E-state index in [-0.39, 0.29) is 44.6 Å². The van der Waals surface area contributed by atoms with Crippen LogP contribution in [0.15, 0.2) is 75.8 Å². The first-order chi connectivity index (χ1) is 18.1. The second-order valence-electron chi connectivity index (χ2n) is 8.02. The van der Waals surface area contributed by atoms with Gasteiger partial charge in [-0.1, -0.05) is 60.5 Å². The van der Waals surface area contributed by atoms with Gasteiger partial charge in [0.2, 0.25) is 0 Å². The standard InChI is InChI=1S/C26H21Cl2N3O6S/c1-3-15-21(38(34,35)36)12-11-18(27)22(15)30-31-23-16-8-5-4-7-14(16)13-17(24(23)32)26(33)29-20-10-6-9-19(28)25(20)37-2/h4-13,32H,3H2,1-2H3,(H,29,33)(H,34,35,36). The molecule has 0 bridgehead atoms. The van der Waals surface area contributed by atoms with Gasteiger partial charge in [-0.25, -0.2) is 0 Å². The average molecular weight is 574 g/mol. The van der Waals surface area contributed by atoms with Crippen molar-refractivity contribution in [1.29, 1.82) is 0 Å². The van der Waals surface area contributed by atoms with Crippen molar-refractivity contribution in [2.75, 3.05) is 12.4 Å². The first-order valence-corrected chi connectivity index (χ1v) is 13.4. The Balaban J connectivity index is 1.86. The summed E-state index contributed by atoms with van der Waals surface area (Å²) in [5.41, 5.74) is 0.304. The molecule has 4 aromatic rings. The smallest absolute Gasteiger partial charge is 0.294 e. The predicted octanol–water partition coefficient (Wildman–Crippen LogP) is 7.34. The fraction of sp³-hybridized carbons (Fsp3) is 0.115. The highest BCUT2D eigenvalue weighted by molar-refractivity contribution is 7.85. The van der Waals surface area contributed by atoms with Crippen LogP contribution < -0.4 is 10.1 Å². The molecule has 0 aromatic heterocycles. The Bertz CT molecular complexity index is 1710. The monoisotopic (exact) mass is 573 g/mol. The molecule has 9 nitrogen and oxygen atoms in total. The number of benzene rings is 4. The van der Waals surface area contributed by atoms with Gasteiger partial charge in [-0.15, -0.1) is 10.2 Å². The summed E-state index contributed by atoms with van der Waals surface area (Å²) < 4.78 is 38.6. The topological polar surface area (TPSA) is 138 Å². The number of rotatable bonds is 7. The van der Waals surface area contributed by atoms with Gasteiger partial charge in [0.25, 0.3) is 16.0 Å². The summed E-state index contributed by atoms with van der Waals surface area (Å²) in [6.07, 6.45) is 0.167. The molecule has 0 spiro atoms. The van der Waals surface area contributed by atoms with E-state index in [0.29, 0.717) is 21.5 Å². The summed E-state index contributed by atoms with van der Waals surface area (Å²) >= 11 is 12.4. The van der Waals surface area contributed by atoms with Gasteiger partial charge in [-0.05, 0) is 42.1 Å². The first kappa shape index (κ1) is 27.3. The molecule has 0 fully saturated rings. The number of amides is 1. The lowest BCUT2D eigenvalue weighted by Gasteiger charge is -2.14. The van der Waals surface area contributed by atoms with Crippen LogP contribution in [0.5, 0.6) is 11.5 Å². The summed E-state index contributed by atoms with van der Waals surface area (Å²) in [6, 6.07) is 15.7. The molecule has 0 aliphatic carbocycles. The van der Waals surface area contributed by atoms with Crippen molar-refractivity contribution >= 4 is 67.1 Å². The largest absolute Gasteiger partial charge is 0.505 e. The normalized spacial score (nSPS) is 11.7. The van der Waals surface area contributed by atoms with E-state index >= 15 is 0 Å². The number of anilines is 1. The number of phenolic OH excluding ortho intramolecular Hbond substituents is 1. The number of ether oxygens (including phenoxy) is 1. The molecule has 3 N–H and O–H groups in total. The van der Waals surface area contributed by atoms with Crippen LogP contribution >= 0.6 is 23.2 Å². The van der Waals surface area contributed by atoms with E-state index in [1.165, 1.54) is 25.3 Å². The van der Waals surface area contributed by atoms with E-state index in [9.17, 15) is 22.9 Å². The molecule has 0 aliphatic heterocycles. The van der Waals surface area contributed by atoms with Crippen LogP contribution in [0.25, 0.3) is 10.8 Å². The predicted molar refractivity (Wildman–Crippen MR) is 146 cm³/mol. The number of carbonyl (C=O) groups is 1. The number of nitrogens with zero attached hydrogens (tertiary/aromatic N) is 2. The molecular weight excluding hydrogens is 553 g/mol. The van der Waals surface area contributed by atoms with Gasteiger partial charge in [0.05, 0.1) is 33.3 Å². The number of halogens is 2. The summed E-state index contributed by atoms with van der Waals surface area (Å²) in [5, 5.41) is 23.6. The minimum absolute atomic E-state index is 0.00583. The number of phenols is 1. The van der Waals surface area contributed by atoms with Crippen LogP contribution in [-0.4, -0.2) is 31.1 Å². The van der Waals surface area contributed by atoms with Crippen molar-refractivity contribution in [2.24, 2.45) is 10.2 Å². The number of carbonyl (C=O) groups excluding carboxylic acids is 1. The second-order valence-corrected chi connectivity index (χ2v) is 10.2. The molecule has 0 heterocycles. The molecule has 4 aromatic carbocycles. The molecule has 0 radical (unpaired) electrons. The van der Waals surface area contributed by atoms with Gasteiger partial charge in [0.1, 0.15) is 11.4 Å². The van der Waals surface area contributed by atoms with Crippen LogP contribution in [0, 0.1) is 0 Å². The van der Waals surface area contributed by atoms with Crippen LogP contribution in [0.1, 0.15) is 22.8 Å². The molecule has 0 saturated heterocycles. The van der Waals surface area contributed by atoms with E-state index in [2.05, 4.69) is 15.5 Å². The fourth-order valence-corrected chi connectivity index (χ4v) is 5.24. The summed E-state index contributed by atoms with van der Waals surface area (Å²) in [5.74, 6) is -0.875. The minimum atomic E-state index is -4.55. The maximum atomic E-state index is 13.2. The van der Waals surface area contributed by atoms with Crippen molar-refractivity contribution < 1.29 is 27.6 Å². The fourth-order valence-electron chi connectivity index (χ4n) is 3.98. The zero-order valence-corrected chi connectivity index (χ0v) is 22.4. The van der Waals surface area contributed by atoms with Crippen LogP contribution in [-0.2, 0) is 16.5 Å². The Morgan fingerprint density at radius 1 is 1.00 bits per heavy atom. The zero-order valence-electron chi connectivity index (χ0n) is 20.1. The van der Waals surface area contributed by atoms with E-state index in [4.69, 9.17) is 27.9 Å². The number of methoxy groups -OCH3 is 1. The third-order valence-corrected chi connectivity index (χ3v) is 7.27. The quantitative estimate of drug-likeness (QED) is 0.156. The lowest BCUT2D eigenvalue weighted by atomic mass is 10.0. The van der Waals surface area contributed by atoms with Crippen LogP contribution in [0.4, 0.5) is 17.1 Å². The molecule has 0 aliphatic rings. The molecular formula is C26H21Cl2N3O6S. The number of hydrogen-bond donors (Lipinski definition) is 3. The molecule has 38 heavy (non-hydrogen) atoms. The average Bonchev–Trinajstić information content (AvgIpc) is 2.87. The highest BCUT2D eigenvalue weighted by Crippen LogP contribution is 2.42. The third-order valence-electron chi connectivity index (χ3n) is 5.73. The van der Waals surface area contributed by atoms with E-state index in [1.54, 1.807) is 49.4 Å². The number of aromatic hydroxyl groups is 1. The zero-order chi connectivity index (χ0) is 27.6. The number of para-hydroxylation sites is 1. The van der Waals surface area contributed by atoms with Crippen molar-refractivity contribution in [3.63, 3.8) is 0 Å². The highest BCUT2D eigenvalue weighted by atomic mass is 35.5. The van der Waals surface area contributed by atoms with Crippen molar-refractivity contribution in [2.45, 2.75) is 18.2 Å². The molecule has 1 amide bonds. The number of fused-ring (bicyclic) bond motifs is 1. The van der Waals surface area contributed by atoms with Crippen LogP contribution in [0.3, 0.4) is 0 Å². The van der Waals surface area contributed by atoms with E-state index in [0.717, 1.165) is 0 Å². The van der Waals surface area contributed by atoms with Crippen LogP contribution in [0.2, 0.25) is 10.0 Å². The summed E-state index contributed by atoms with van der Waals surface area (Å²) in [6.45, 7) is 1.67. The lowest BCUT2D eigenvalue weighted by molar-refractivity contribution is 0.102. The van der Waals surface area contributed by atoms with E-state index < -0.39 is 21.8 Å². The maximum absolute atomic E-state index is 13.2. The lowest BCUT2D eigenvalue weighted by Crippen LogP contribution is -2.13. The summed E-state index contributed by atoms with van der Waals surface area (Å²) in [7, 11) is -3.14. The minimum Gasteiger partial charge on any atom is -0.505 e. The molecule has 196 valence electrons. The third kappa shape index (κ3) is 5.30. The number of azo groups is 1. The highest BCUT2D eigenvalue weighted by Gasteiger charge is 2.22. The van der Waals surface area contributed by atoms with Gasteiger partial charge in [-0.3, -0.25) is 9.35 Å². The summed E-state index contributed by atoms with van der Waals surface area (Å²) in [4.78, 5) is 12.9. The van der Waals surface area contributed by atoms with Gasteiger partial charge in [0, 0.05) is 10.9 Å². The Kier molecular flexibility index (Phi) is 7.89. The Morgan fingerprint density at radius 2 is 1.71 bits per heavy atom. The molecule has 0 atom stereocenters. The maximum Gasteiger partial charge on any atom is 0.294 e. The Labute approximate surface area is 228 Å². The second kappa shape index (κ2) is 11.0. The van der Waals surface area contributed by atoms with Gasteiger partial charge < -0.3 is 15.2 Å². The number of hydrogen-bond acceptors (Lipinski definition) is 7. The Hall–Kier alpha value is -3.70. The Morgan fingerprint density at radius 3 is 2.39 bits per heavy atom. The molecule has 0 saturated carbocycles. The van der Waals surface area contributed by atoms with Crippen molar-refractivity contribution in [3.05, 3.63) is 81.8 Å². The first-order valence-electron chi connectivity index (χ1n) is 11.2.